The van der Waals surface area contributed by atoms with Crippen LogP contribution < -0.4 is 11.1 Å². The number of hydrogen-bond donors (Lipinski definition) is 2. The molecule has 1 amide bonds. The minimum absolute atomic E-state index is 0.00455. The average Bonchev–Trinajstić information content (AvgIpc) is 2.31. The Morgan fingerprint density at radius 1 is 1.37 bits per heavy atom. The Morgan fingerprint density at radius 2 is 1.95 bits per heavy atom. The van der Waals surface area contributed by atoms with Crippen LogP contribution in [0.3, 0.4) is 0 Å². The number of nitrogens with two attached hydrogens (primary N) is 1. The number of likely N-dealkylation sites (N-methyl/N-ethyl adjacent to an activating group) is 1. The fourth-order valence-corrected chi connectivity index (χ4v) is 2.09. The molecule has 0 fully saturated rings. The molecule has 19 heavy (non-hydrogen) atoms. The Labute approximate surface area is 119 Å². The highest BCUT2D eigenvalue weighted by Crippen LogP contribution is 2.20. The largest absolute Gasteiger partial charge is 0.353 e. The van der Waals surface area contributed by atoms with Crippen LogP contribution in [0.1, 0.15) is 25.5 Å². The van der Waals surface area contributed by atoms with Gasteiger partial charge in [0, 0.05) is 23.7 Å². The number of benzene rings is 1. The third-order valence-electron chi connectivity index (χ3n) is 2.85. The summed E-state index contributed by atoms with van der Waals surface area (Å²) in [5.41, 5.74) is 6.88. The van der Waals surface area contributed by atoms with E-state index in [-0.39, 0.29) is 18.0 Å². The van der Waals surface area contributed by atoms with Crippen LogP contribution in [-0.2, 0) is 4.79 Å². The molecule has 0 aliphatic rings. The first-order valence-electron chi connectivity index (χ1n) is 6.39. The summed E-state index contributed by atoms with van der Waals surface area (Å²) in [5.74, 6) is 0.00455. The molecule has 0 heterocycles. The first-order chi connectivity index (χ1) is 8.93. The Hall–Kier alpha value is -1.10. The molecule has 0 aromatic heterocycles. The summed E-state index contributed by atoms with van der Waals surface area (Å²) in [6.07, 6.45) is 0. The molecule has 5 heteroatoms. The van der Waals surface area contributed by atoms with Crippen LogP contribution in [0.2, 0.25) is 5.02 Å². The molecule has 1 aromatic carbocycles. The Bertz CT molecular complexity index is 406. The second-order valence-electron chi connectivity index (χ2n) is 4.94. The van der Waals surface area contributed by atoms with Crippen LogP contribution in [-0.4, -0.2) is 37.0 Å². The van der Waals surface area contributed by atoms with Crippen LogP contribution in [0.4, 0.5) is 0 Å². The van der Waals surface area contributed by atoms with E-state index in [1.165, 1.54) is 0 Å². The maximum atomic E-state index is 11.8. The lowest BCUT2D eigenvalue weighted by molar-refractivity contribution is -0.122. The van der Waals surface area contributed by atoms with E-state index in [1.54, 1.807) is 0 Å². The summed E-state index contributed by atoms with van der Waals surface area (Å²) >= 11 is 5.87. The fourth-order valence-electron chi connectivity index (χ4n) is 1.96. The molecule has 1 atom stereocenters. The van der Waals surface area contributed by atoms with Gasteiger partial charge in [-0.15, -0.1) is 0 Å². The van der Waals surface area contributed by atoms with Crippen molar-refractivity contribution in [1.29, 1.82) is 0 Å². The van der Waals surface area contributed by atoms with E-state index >= 15 is 0 Å². The second kappa shape index (κ2) is 7.48. The molecule has 0 aliphatic carbocycles. The maximum Gasteiger partial charge on any atom is 0.234 e. The summed E-state index contributed by atoms with van der Waals surface area (Å²) in [7, 11) is 1.89. The lowest BCUT2D eigenvalue weighted by Gasteiger charge is -2.27. The zero-order valence-electron chi connectivity index (χ0n) is 11.7. The molecular formula is C14H22ClN3O. The zero-order chi connectivity index (χ0) is 14.4. The molecule has 3 N–H and O–H groups in total. The Kier molecular flexibility index (Phi) is 6.28. The first-order valence-corrected chi connectivity index (χ1v) is 6.77. The van der Waals surface area contributed by atoms with Crippen molar-refractivity contribution in [3.05, 3.63) is 34.9 Å². The summed E-state index contributed by atoms with van der Waals surface area (Å²) in [6, 6.07) is 7.71. The zero-order valence-corrected chi connectivity index (χ0v) is 12.4. The van der Waals surface area contributed by atoms with Crippen molar-refractivity contribution in [2.45, 2.75) is 25.9 Å². The predicted octanol–water partition coefficient (Wildman–Crippen LogP) is 1.80. The predicted molar refractivity (Wildman–Crippen MR) is 79.2 cm³/mol. The van der Waals surface area contributed by atoms with E-state index < -0.39 is 0 Å². The molecule has 1 unspecified atom stereocenters. The number of halogens is 1. The quantitative estimate of drug-likeness (QED) is 0.837. The van der Waals surface area contributed by atoms with Gasteiger partial charge in [0.15, 0.2) is 0 Å². The summed E-state index contributed by atoms with van der Waals surface area (Å²) in [6.45, 7) is 4.66. The van der Waals surface area contributed by atoms with Crippen LogP contribution in [0.5, 0.6) is 0 Å². The monoisotopic (exact) mass is 283 g/mol. The molecular weight excluding hydrogens is 262 g/mol. The van der Waals surface area contributed by atoms with E-state index in [0.717, 1.165) is 5.56 Å². The molecule has 0 aliphatic heterocycles. The van der Waals surface area contributed by atoms with E-state index in [1.807, 2.05) is 50.1 Å². The van der Waals surface area contributed by atoms with Gasteiger partial charge in [0.05, 0.1) is 6.54 Å². The van der Waals surface area contributed by atoms with E-state index in [0.29, 0.717) is 18.1 Å². The Balaban J connectivity index is 2.68. The Morgan fingerprint density at radius 3 is 2.42 bits per heavy atom. The van der Waals surface area contributed by atoms with Crippen LogP contribution in [0.15, 0.2) is 24.3 Å². The molecule has 0 saturated heterocycles. The lowest BCUT2D eigenvalue weighted by atomic mass is 10.1. The highest BCUT2D eigenvalue weighted by Gasteiger charge is 2.18. The third kappa shape index (κ3) is 5.19. The van der Waals surface area contributed by atoms with Crippen molar-refractivity contribution in [2.24, 2.45) is 5.73 Å². The van der Waals surface area contributed by atoms with Gasteiger partial charge in [0.25, 0.3) is 0 Å². The lowest BCUT2D eigenvalue weighted by Crippen LogP contribution is -2.41. The number of amides is 1. The number of nitrogens with zero attached hydrogens (tertiary/aromatic N) is 1. The SMILES string of the molecule is CC(C)NC(=O)CN(C)C(CN)c1ccc(Cl)cc1. The highest BCUT2D eigenvalue weighted by atomic mass is 35.5. The first kappa shape index (κ1) is 16.0. The van der Waals surface area contributed by atoms with E-state index in [4.69, 9.17) is 17.3 Å². The number of hydrogen-bond acceptors (Lipinski definition) is 3. The number of nitrogens with one attached hydrogen (secondary N) is 1. The van der Waals surface area contributed by atoms with Gasteiger partial charge in [-0.05, 0) is 38.6 Å². The number of rotatable bonds is 6. The van der Waals surface area contributed by atoms with Gasteiger partial charge in [-0.2, -0.15) is 0 Å². The topological polar surface area (TPSA) is 58.4 Å². The van der Waals surface area contributed by atoms with Crippen molar-refractivity contribution in [3.63, 3.8) is 0 Å². The third-order valence-corrected chi connectivity index (χ3v) is 3.10. The van der Waals surface area contributed by atoms with Gasteiger partial charge in [-0.1, -0.05) is 23.7 Å². The minimum atomic E-state index is 0.00455. The summed E-state index contributed by atoms with van der Waals surface area (Å²) in [4.78, 5) is 13.7. The van der Waals surface area contributed by atoms with E-state index in [9.17, 15) is 4.79 Å². The van der Waals surface area contributed by atoms with Crippen LogP contribution >= 0.6 is 11.6 Å². The van der Waals surface area contributed by atoms with Gasteiger partial charge in [0.2, 0.25) is 5.91 Å². The van der Waals surface area contributed by atoms with E-state index in [2.05, 4.69) is 5.32 Å². The van der Waals surface area contributed by atoms with Crippen molar-refractivity contribution >= 4 is 17.5 Å². The molecule has 0 spiro atoms. The van der Waals surface area contributed by atoms with Gasteiger partial charge in [0.1, 0.15) is 0 Å². The van der Waals surface area contributed by atoms with Crippen molar-refractivity contribution in [2.75, 3.05) is 20.1 Å². The van der Waals surface area contributed by atoms with Gasteiger partial charge >= 0.3 is 0 Å². The standard InChI is InChI=1S/C14H22ClN3O/c1-10(2)17-14(19)9-18(3)13(8-16)11-4-6-12(15)7-5-11/h4-7,10,13H,8-9,16H2,1-3H3,(H,17,19). The molecule has 106 valence electrons. The molecule has 0 radical (unpaired) electrons. The maximum absolute atomic E-state index is 11.8. The van der Waals surface area contributed by atoms with Crippen LogP contribution in [0.25, 0.3) is 0 Å². The second-order valence-corrected chi connectivity index (χ2v) is 5.38. The summed E-state index contributed by atoms with van der Waals surface area (Å²) < 4.78 is 0. The average molecular weight is 284 g/mol. The fraction of sp³-hybridized carbons (Fsp3) is 0.500. The molecule has 1 aromatic rings. The number of carbonyl (C=O) groups is 1. The molecule has 0 bridgehead atoms. The molecule has 0 saturated carbocycles. The molecule has 1 rings (SSSR count). The number of carbonyl (C=O) groups excluding carboxylic acids is 1. The summed E-state index contributed by atoms with van der Waals surface area (Å²) in [5, 5.41) is 3.56. The highest BCUT2D eigenvalue weighted by molar-refractivity contribution is 6.30. The van der Waals surface area contributed by atoms with Crippen LogP contribution in [0, 0.1) is 0 Å². The normalized spacial score (nSPS) is 12.8. The van der Waals surface area contributed by atoms with Crippen molar-refractivity contribution < 1.29 is 4.79 Å². The minimum Gasteiger partial charge on any atom is -0.353 e. The van der Waals surface area contributed by atoms with Gasteiger partial charge < -0.3 is 11.1 Å². The molecule has 4 nitrogen and oxygen atoms in total. The van der Waals surface area contributed by atoms with Gasteiger partial charge in [-0.25, -0.2) is 0 Å². The van der Waals surface area contributed by atoms with Gasteiger partial charge in [-0.3, -0.25) is 9.69 Å². The van der Waals surface area contributed by atoms with Crippen molar-refractivity contribution in [3.8, 4) is 0 Å². The smallest absolute Gasteiger partial charge is 0.234 e. The van der Waals surface area contributed by atoms with Crippen molar-refractivity contribution in [1.82, 2.24) is 10.2 Å².